The maximum atomic E-state index is 13.7. The van der Waals surface area contributed by atoms with Crippen LogP contribution in [0.4, 0.5) is 4.39 Å². The van der Waals surface area contributed by atoms with Crippen molar-refractivity contribution in [3.8, 4) is 11.6 Å². The second-order valence-corrected chi connectivity index (χ2v) is 4.72. The minimum atomic E-state index is -0.375. The molecule has 0 unspecified atom stereocenters. The van der Waals surface area contributed by atoms with Crippen LogP contribution in [0.25, 0.3) is 0 Å². The van der Waals surface area contributed by atoms with E-state index in [0.29, 0.717) is 11.2 Å². The van der Waals surface area contributed by atoms with Crippen LogP contribution >= 0.6 is 15.9 Å². The highest BCUT2D eigenvalue weighted by Gasteiger charge is 2.16. The van der Waals surface area contributed by atoms with E-state index in [9.17, 15) is 4.39 Å². The molecule has 0 saturated carbocycles. The first-order valence-corrected chi connectivity index (χ1v) is 6.67. The molecule has 3 nitrogen and oxygen atoms in total. The molecule has 0 aliphatic heterocycles. The third-order valence-electron chi connectivity index (χ3n) is 2.72. The highest BCUT2D eigenvalue weighted by atomic mass is 79.9. The van der Waals surface area contributed by atoms with Gasteiger partial charge in [-0.25, -0.2) is 9.07 Å². The summed E-state index contributed by atoms with van der Waals surface area (Å²) in [5.74, 6) is 0.411. The Hall–Kier alpha value is -1.36. The molecule has 2 aromatic rings. The van der Waals surface area contributed by atoms with Crippen molar-refractivity contribution in [2.24, 2.45) is 7.05 Å². The number of aromatic nitrogens is 2. The highest BCUT2D eigenvalue weighted by Crippen LogP contribution is 2.30. The number of aryl methyl sites for hydroxylation is 3. The van der Waals surface area contributed by atoms with Crippen LogP contribution in [-0.4, -0.2) is 9.78 Å². The van der Waals surface area contributed by atoms with E-state index in [1.165, 1.54) is 6.07 Å². The summed E-state index contributed by atoms with van der Waals surface area (Å²) >= 11 is 3.39. The summed E-state index contributed by atoms with van der Waals surface area (Å²) < 4.78 is 20.9. The number of benzene rings is 1. The van der Waals surface area contributed by atoms with Crippen LogP contribution in [0.2, 0.25) is 0 Å². The summed E-state index contributed by atoms with van der Waals surface area (Å²) in [7, 11) is 1.78. The smallest absolute Gasteiger partial charge is 0.222 e. The van der Waals surface area contributed by atoms with E-state index in [1.807, 2.05) is 13.8 Å². The van der Waals surface area contributed by atoms with Gasteiger partial charge in [-0.1, -0.05) is 22.0 Å². The van der Waals surface area contributed by atoms with Crippen LogP contribution in [0, 0.1) is 19.7 Å². The minimum Gasteiger partial charge on any atom is -0.436 e. The topological polar surface area (TPSA) is 27.1 Å². The molecule has 0 amide bonds. The summed E-state index contributed by atoms with van der Waals surface area (Å²) in [6.07, 6.45) is 0. The Morgan fingerprint density at radius 1 is 1.39 bits per heavy atom. The minimum absolute atomic E-state index is 0.222. The monoisotopic (exact) mass is 312 g/mol. The van der Waals surface area contributed by atoms with Gasteiger partial charge in [0.05, 0.1) is 5.69 Å². The van der Waals surface area contributed by atoms with Crippen LogP contribution in [0.3, 0.4) is 0 Å². The fraction of sp³-hybridized carbons (Fsp3) is 0.308. The van der Waals surface area contributed by atoms with Crippen LogP contribution in [0.1, 0.15) is 16.8 Å². The standard InChI is InChI=1S/C13H14BrFN2O/c1-8-4-5-11(15)12(6-8)18-13-10(7-14)9(2)16-17(13)3/h4-6H,7H2,1-3H3. The number of rotatable bonds is 3. The number of alkyl halides is 1. The van der Waals surface area contributed by atoms with Crippen molar-refractivity contribution in [3.05, 3.63) is 40.8 Å². The summed E-state index contributed by atoms with van der Waals surface area (Å²) in [5, 5.41) is 4.89. The van der Waals surface area contributed by atoms with Gasteiger partial charge in [0, 0.05) is 17.9 Å². The van der Waals surface area contributed by atoms with Crippen molar-refractivity contribution in [2.75, 3.05) is 0 Å². The van der Waals surface area contributed by atoms with Crippen molar-refractivity contribution < 1.29 is 9.13 Å². The lowest BCUT2D eigenvalue weighted by Gasteiger charge is -2.09. The van der Waals surface area contributed by atoms with E-state index >= 15 is 0 Å². The number of hydrogen-bond acceptors (Lipinski definition) is 2. The first-order valence-electron chi connectivity index (χ1n) is 5.55. The van der Waals surface area contributed by atoms with Gasteiger partial charge in [0.2, 0.25) is 5.88 Å². The normalized spacial score (nSPS) is 10.7. The second-order valence-electron chi connectivity index (χ2n) is 4.16. The van der Waals surface area contributed by atoms with Crippen molar-refractivity contribution >= 4 is 15.9 Å². The van der Waals surface area contributed by atoms with Gasteiger partial charge in [-0.2, -0.15) is 5.10 Å². The van der Waals surface area contributed by atoms with E-state index in [4.69, 9.17) is 4.74 Å². The van der Waals surface area contributed by atoms with E-state index in [1.54, 1.807) is 23.9 Å². The Morgan fingerprint density at radius 3 is 2.78 bits per heavy atom. The molecule has 0 N–H and O–H groups in total. The Kier molecular flexibility index (Phi) is 3.71. The van der Waals surface area contributed by atoms with Gasteiger partial charge < -0.3 is 4.74 Å². The van der Waals surface area contributed by atoms with Crippen molar-refractivity contribution in [2.45, 2.75) is 19.2 Å². The van der Waals surface area contributed by atoms with E-state index in [-0.39, 0.29) is 11.6 Å². The van der Waals surface area contributed by atoms with Gasteiger partial charge in [0.15, 0.2) is 11.6 Å². The van der Waals surface area contributed by atoms with Crippen LogP contribution in [-0.2, 0) is 12.4 Å². The molecule has 0 aliphatic rings. The highest BCUT2D eigenvalue weighted by molar-refractivity contribution is 9.08. The predicted molar refractivity (Wildman–Crippen MR) is 71.8 cm³/mol. The lowest BCUT2D eigenvalue weighted by molar-refractivity contribution is 0.400. The van der Waals surface area contributed by atoms with Crippen LogP contribution in [0.15, 0.2) is 18.2 Å². The third-order valence-corrected chi connectivity index (χ3v) is 3.28. The molecule has 5 heteroatoms. The molecule has 1 heterocycles. The second kappa shape index (κ2) is 5.10. The summed E-state index contributed by atoms with van der Waals surface area (Å²) in [4.78, 5) is 0. The zero-order valence-corrected chi connectivity index (χ0v) is 12.1. The predicted octanol–water partition coefficient (Wildman–Crippen LogP) is 3.86. The Morgan fingerprint density at radius 2 is 2.11 bits per heavy atom. The Bertz CT molecular complexity index is 581. The van der Waals surface area contributed by atoms with Crippen molar-refractivity contribution in [1.29, 1.82) is 0 Å². The molecule has 96 valence electrons. The first kappa shape index (κ1) is 13.1. The summed E-state index contributed by atoms with van der Waals surface area (Å²) in [6, 6.07) is 4.79. The van der Waals surface area contributed by atoms with Gasteiger partial charge in [-0.05, 0) is 31.5 Å². The number of ether oxygens (including phenoxy) is 1. The molecule has 0 saturated heterocycles. The lowest BCUT2D eigenvalue weighted by Crippen LogP contribution is -1.98. The average molecular weight is 313 g/mol. The Balaban J connectivity index is 2.42. The molecule has 18 heavy (non-hydrogen) atoms. The maximum Gasteiger partial charge on any atom is 0.222 e. The van der Waals surface area contributed by atoms with Crippen LogP contribution in [0.5, 0.6) is 11.6 Å². The zero-order chi connectivity index (χ0) is 13.3. The van der Waals surface area contributed by atoms with Gasteiger partial charge in [0.1, 0.15) is 0 Å². The van der Waals surface area contributed by atoms with Crippen molar-refractivity contribution in [3.63, 3.8) is 0 Å². The molecular formula is C13H14BrFN2O. The third kappa shape index (κ3) is 2.41. The van der Waals surface area contributed by atoms with Gasteiger partial charge in [-0.15, -0.1) is 0 Å². The molecule has 1 aromatic carbocycles. The number of hydrogen-bond donors (Lipinski definition) is 0. The number of halogens is 2. The molecule has 2 rings (SSSR count). The summed E-state index contributed by atoms with van der Waals surface area (Å²) in [5.41, 5.74) is 2.75. The molecule has 0 aliphatic carbocycles. The molecule has 0 atom stereocenters. The first-order chi connectivity index (χ1) is 8.52. The van der Waals surface area contributed by atoms with E-state index < -0.39 is 0 Å². The lowest BCUT2D eigenvalue weighted by atomic mass is 10.2. The molecule has 0 radical (unpaired) electrons. The fourth-order valence-corrected chi connectivity index (χ4v) is 2.40. The SMILES string of the molecule is Cc1ccc(F)c(Oc2c(CBr)c(C)nn2C)c1. The van der Waals surface area contributed by atoms with E-state index in [2.05, 4.69) is 21.0 Å². The van der Waals surface area contributed by atoms with Gasteiger partial charge >= 0.3 is 0 Å². The quantitative estimate of drug-likeness (QED) is 0.805. The molecule has 0 fully saturated rings. The molecule has 0 bridgehead atoms. The Labute approximate surface area is 114 Å². The van der Waals surface area contributed by atoms with Gasteiger partial charge in [-0.3, -0.25) is 0 Å². The fourth-order valence-electron chi connectivity index (χ4n) is 1.76. The van der Waals surface area contributed by atoms with Gasteiger partial charge in [0.25, 0.3) is 0 Å². The van der Waals surface area contributed by atoms with Crippen LogP contribution < -0.4 is 4.74 Å². The zero-order valence-electron chi connectivity index (χ0n) is 10.5. The maximum absolute atomic E-state index is 13.7. The van der Waals surface area contributed by atoms with E-state index in [0.717, 1.165) is 16.8 Å². The largest absolute Gasteiger partial charge is 0.436 e. The molecular weight excluding hydrogens is 299 g/mol. The molecule has 0 spiro atoms. The number of nitrogens with zero attached hydrogens (tertiary/aromatic N) is 2. The summed E-state index contributed by atoms with van der Waals surface area (Å²) in [6.45, 7) is 3.79. The van der Waals surface area contributed by atoms with Crippen molar-refractivity contribution in [1.82, 2.24) is 9.78 Å². The molecule has 1 aromatic heterocycles. The average Bonchev–Trinajstić information content (AvgIpc) is 2.58.